The lowest BCUT2D eigenvalue weighted by atomic mass is 10.1. The van der Waals surface area contributed by atoms with E-state index in [1.165, 1.54) is 165 Å². The molecule has 0 aliphatic heterocycles. The van der Waals surface area contributed by atoms with Crippen molar-refractivity contribution >= 4 is 95.1 Å². The second-order valence-corrected chi connectivity index (χ2v) is 17.0. The summed E-state index contributed by atoms with van der Waals surface area (Å²) in [6.07, 6.45) is 24.8. The molecule has 4 heterocycles. The van der Waals surface area contributed by atoms with Crippen LogP contribution in [0.25, 0.3) is 49.7 Å². The number of unbranched alkanes of at least 4 members (excludes halogenated alkanes) is 14. The summed E-state index contributed by atoms with van der Waals surface area (Å²) < 4.78 is 8.88. The Labute approximate surface area is 269 Å². The molecule has 0 amide bonds. The number of fused-ring (bicyclic) bond motifs is 7. The number of benzene rings is 2. The van der Waals surface area contributed by atoms with E-state index >= 15 is 0 Å². The van der Waals surface area contributed by atoms with Crippen LogP contribution in [0.3, 0.4) is 0 Å². The maximum Gasteiger partial charge on any atom is 0.0542 e. The van der Waals surface area contributed by atoms with Crippen LogP contribution in [0.15, 0.2) is 36.4 Å². The molecule has 4 aromatic heterocycles. The van der Waals surface area contributed by atoms with E-state index in [0.29, 0.717) is 0 Å². The van der Waals surface area contributed by atoms with Crippen molar-refractivity contribution in [3.8, 4) is 0 Å². The predicted molar refractivity (Wildman–Crippen MR) is 198 cm³/mol. The van der Waals surface area contributed by atoms with Gasteiger partial charge in [-0.05, 0) is 72.9 Å². The van der Waals surface area contributed by atoms with Crippen LogP contribution in [-0.4, -0.2) is 0 Å². The third-order valence-electron chi connectivity index (χ3n) is 9.01. The fraction of sp³-hybridized carbons (Fsp3) is 0.526. The van der Waals surface area contributed by atoms with Gasteiger partial charge >= 0.3 is 0 Å². The van der Waals surface area contributed by atoms with Crippen molar-refractivity contribution in [1.82, 2.24) is 0 Å². The lowest BCUT2D eigenvalue weighted by Gasteiger charge is -2.00. The molecule has 0 spiro atoms. The van der Waals surface area contributed by atoms with Gasteiger partial charge in [-0.15, -0.1) is 45.3 Å². The largest absolute Gasteiger partial charge is 0.140 e. The van der Waals surface area contributed by atoms with Crippen molar-refractivity contribution in [3.63, 3.8) is 0 Å². The Balaban J connectivity index is 1.10. The van der Waals surface area contributed by atoms with Gasteiger partial charge in [0.1, 0.15) is 0 Å². The highest BCUT2D eigenvalue weighted by Gasteiger charge is 2.16. The van der Waals surface area contributed by atoms with Gasteiger partial charge in [0.05, 0.1) is 9.40 Å². The van der Waals surface area contributed by atoms with E-state index in [1.54, 1.807) is 9.75 Å². The Hall–Kier alpha value is -1.46. The first-order valence-corrected chi connectivity index (χ1v) is 20.2. The van der Waals surface area contributed by atoms with Crippen molar-refractivity contribution < 1.29 is 0 Å². The average molecular weight is 633 g/mol. The molecule has 6 aromatic rings. The van der Waals surface area contributed by atoms with Gasteiger partial charge in [-0.1, -0.05) is 104 Å². The summed E-state index contributed by atoms with van der Waals surface area (Å²) in [4.78, 5) is 3.15. The lowest BCUT2D eigenvalue weighted by molar-refractivity contribution is 0.576. The molecule has 0 aliphatic rings. The van der Waals surface area contributed by atoms with Crippen LogP contribution in [0.5, 0.6) is 0 Å². The van der Waals surface area contributed by atoms with Gasteiger partial charge in [0.2, 0.25) is 0 Å². The van der Waals surface area contributed by atoms with E-state index in [0.717, 1.165) is 0 Å². The third-order valence-corrected chi connectivity index (χ3v) is 13.8. The van der Waals surface area contributed by atoms with Gasteiger partial charge in [-0.25, -0.2) is 0 Å². The Bertz CT molecular complexity index is 1590. The lowest BCUT2D eigenvalue weighted by Crippen LogP contribution is -1.83. The van der Waals surface area contributed by atoms with Gasteiger partial charge in [0.25, 0.3) is 0 Å². The second kappa shape index (κ2) is 15.0. The van der Waals surface area contributed by atoms with E-state index < -0.39 is 0 Å². The van der Waals surface area contributed by atoms with Crippen molar-refractivity contribution in [3.05, 3.63) is 46.2 Å². The van der Waals surface area contributed by atoms with Gasteiger partial charge in [0, 0.05) is 39.3 Å². The fourth-order valence-corrected chi connectivity index (χ4v) is 11.6. The minimum Gasteiger partial charge on any atom is -0.140 e. The molecule has 42 heavy (non-hydrogen) atoms. The monoisotopic (exact) mass is 632 g/mol. The summed E-state index contributed by atoms with van der Waals surface area (Å²) in [7, 11) is 0. The van der Waals surface area contributed by atoms with Gasteiger partial charge in [0.15, 0.2) is 0 Å². The summed E-state index contributed by atoms with van der Waals surface area (Å²) in [5.41, 5.74) is 0. The molecule has 6 rings (SSSR count). The maximum absolute atomic E-state index is 2.50. The molecule has 0 N–H and O–H groups in total. The number of thiophene rings is 4. The van der Waals surface area contributed by atoms with Crippen LogP contribution in [0, 0.1) is 0 Å². The van der Waals surface area contributed by atoms with Crippen LogP contribution in [0.1, 0.15) is 126 Å². The molecule has 0 nitrogen and oxygen atoms in total. The molecule has 0 radical (unpaired) electrons. The molecule has 0 unspecified atom stereocenters. The van der Waals surface area contributed by atoms with Crippen molar-refractivity contribution in [2.24, 2.45) is 0 Å². The topological polar surface area (TPSA) is 0 Å². The van der Waals surface area contributed by atoms with Crippen molar-refractivity contribution in [1.29, 1.82) is 0 Å². The third kappa shape index (κ3) is 7.25. The average Bonchev–Trinajstić information content (AvgIpc) is 3.74. The van der Waals surface area contributed by atoms with Crippen LogP contribution in [0.4, 0.5) is 0 Å². The molecule has 0 atom stereocenters. The summed E-state index contributed by atoms with van der Waals surface area (Å²) in [5.74, 6) is 0. The normalized spacial score (nSPS) is 12.3. The summed E-state index contributed by atoms with van der Waals surface area (Å²) >= 11 is 8.10. The molecule has 4 heteroatoms. The van der Waals surface area contributed by atoms with Crippen LogP contribution < -0.4 is 0 Å². The first-order valence-electron chi connectivity index (χ1n) is 17.0. The minimum atomic E-state index is 1.25. The van der Waals surface area contributed by atoms with Gasteiger partial charge < -0.3 is 0 Å². The Morgan fingerprint density at radius 1 is 0.381 bits per heavy atom. The summed E-state index contributed by atoms with van der Waals surface area (Å²) in [6.45, 7) is 4.60. The van der Waals surface area contributed by atoms with Gasteiger partial charge in [-0.2, -0.15) is 0 Å². The molecular formula is C38H48S4. The zero-order chi connectivity index (χ0) is 28.7. The number of aryl methyl sites for hydroxylation is 2. The Morgan fingerprint density at radius 2 is 0.762 bits per heavy atom. The van der Waals surface area contributed by atoms with Crippen LogP contribution in [-0.2, 0) is 12.8 Å². The second-order valence-electron chi connectivity index (χ2n) is 12.5. The highest BCUT2D eigenvalue weighted by Crippen LogP contribution is 2.47. The molecule has 0 saturated carbocycles. The summed E-state index contributed by atoms with van der Waals surface area (Å²) in [5, 5.41) is 5.84. The fourth-order valence-electron chi connectivity index (χ4n) is 6.55. The van der Waals surface area contributed by atoms with Gasteiger partial charge in [-0.3, -0.25) is 0 Å². The molecule has 224 valence electrons. The smallest absolute Gasteiger partial charge is 0.0542 e. The molecule has 0 saturated heterocycles. The maximum atomic E-state index is 2.50. The van der Waals surface area contributed by atoms with Crippen LogP contribution >= 0.6 is 45.3 Å². The Morgan fingerprint density at radius 3 is 1.17 bits per heavy atom. The quantitative estimate of drug-likeness (QED) is 0.0827. The zero-order valence-corrected chi connectivity index (χ0v) is 29.1. The number of hydrogen-bond donors (Lipinski definition) is 0. The van der Waals surface area contributed by atoms with E-state index in [2.05, 4.69) is 50.2 Å². The predicted octanol–water partition coefficient (Wildman–Crippen LogP) is 15.1. The first-order chi connectivity index (χ1) is 20.7. The number of rotatable bonds is 18. The van der Waals surface area contributed by atoms with Crippen LogP contribution in [0.2, 0.25) is 0 Å². The molecule has 2 aromatic carbocycles. The van der Waals surface area contributed by atoms with E-state index in [1.807, 2.05) is 45.3 Å². The highest BCUT2D eigenvalue weighted by atomic mass is 32.1. The molecule has 0 fully saturated rings. The van der Waals surface area contributed by atoms with Crippen molar-refractivity contribution in [2.45, 2.75) is 129 Å². The molecule has 0 aliphatic carbocycles. The summed E-state index contributed by atoms with van der Waals surface area (Å²) in [6, 6.07) is 14.9. The number of hydrogen-bond acceptors (Lipinski definition) is 4. The molecular weight excluding hydrogens is 585 g/mol. The van der Waals surface area contributed by atoms with Crippen molar-refractivity contribution in [2.75, 3.05) is 0 Å². The first kappa shape index (κ1) is 30.6. The standard InChI is InChI=1S/C38H48S4/c1-3-5-7-9-11-13-15-17-19-29-21-27-23-31-35(25-33(27)39-29)41-38-32-24-28-22-30(20-18-16-14-12-10-8-6-4-2)40-34(28)26-36(32)42-37(31)38/h21-26H,3-20H2,1-2H3. The highest BCUT2D eigenvalue weighted by molar-refractivity contribution is 7.37. The zero-order valence-electron chi connectivity index (χ0n) is 25.8. The minimum absolute atomic E-state index is 1.25. The van der Waals surface area contributed by atoms with E-state index in [-0.39, 0.29) is 0 Å². The van der Waals surface area contributed by atoms with E-state index in [9.17, 15) is 0 Å². The van der Waals surface area contributed by atoms with E-state index in [4.69, 9.17) is 0 Å². The molecule has 0 bridgehead atoms. The Kier molecular flexibility index (Phi) is 10.9. The SMILES string of the molecule is CCCCCCCCCCc1cc2cc3c(cc2s1)sc1c2cc4cc(CCCCCCCCCC)sc4cc2sc31.